The Morgan fingerprint density at radius 2 is 1.47 bits per heavy atom. The minimum Gasteiger partial charge on any atom is -0.324 e. The van der Waals surface area contributed by atoms with Gasteiger partial charge < -0.3 is 9.47 Å². The van der Waals surface area contributed by atoms with Crippen LogP contribution in [0.5, 0.6) is 0 Å². The maximum Gasteiger partial charge on any atom is 0.114 e. The molecule has 1 aliphatic carbocycles. The molecule has 4 nitrogen and oxygen atoms in total. The van der Waals surface area contributed by atoms with E-state index >= 15 is 0 Å². The fourth-order valence-corrected chi connectivity index (χ4v) is 6.76. The van der Waals surface area contributed by atoms with Crippen molar-refractivity contribution in [3.8, 4) is 0 Å². The first-order valence-corrected chi connectivity index (χ1v) is 13.0. The Morgan fingerprint density at radius 3 is 2.15 bits per heavy atom. The number of imidazole rings is 1. The van der Waals surface area contributed by atoms with Gasteiger partial charge in [0.25, 0.3) is 0 Å². The second-order valence-corrected chi connectivity index (χ2v) is 10.9. The number of hydrogen-bond acceptors (Lipinski definition) is 3. The first-order chi connectivity index (χ1) is 15.1. The van der Waals surface area contributed by atoms with Gasteiger partial charge in [-0.05, 0) is 71.2 Å². The number of nitrogens with zero attached hydrogens (tertiary/aromatic N) is 4. The second-order valence-electron chi connectivity index (χ2n) is 10.9. The summed E-state index contributed by atoms with van der Waals surface area (Å²) in [7, 11) is 2.27. The van der Waals surface area contributed by atoms with Crippen molar-refractivity contribution < 1.29 is 0 Å². The lowest BCUT2D eigenvalue weighted by atomic mass is 9.82. The fraction of sp³-hybridized carbons (Fsp3) is 0.741. The summed E-state index contributed by atoms with van der Waals surface area (Å²) in [6, 6.07) is 9.47. The highest BCUT2D eigenvalue weighted by Crippen LogP contribution is 2.38. The Hall–Kier alpha value is -0.520. The average Bonchev–Trinajstić information content (AvgIpc) is 3.16. The lowest BCUT2D eigenvalue weighted by molar-refractivity contribution is 0.0434. The van der Waals surface area contributed by atoms with Gasteiger partial charge in [-0.15, -0.1) is 37.2 Å². The summed E-state index contributed by atoms with van der Waals surface area (Å²) in [5.41, 5.74) is 2.98. The summed E-state index contributed by atoms with van der Waals surface area (Å²) >= 11 is 0. The van der Waals surface area contributed by atoms with E-state index in [1.54, 1.807) is 0 Å². The van der Waals surface area contributed by atoms with Gasteiger partial charge in [0.2, 0.25) is 0 Å². The zero-order valence-corrected chi connectivity index (χ0v) is 23.5. The first kappa shape index (κ1) is 29.7. The first-order valence-electron chi connectivity index (χ1n) is 13.0. The zero-order chi connectivity index (χ0) is 21.3. The Morgan fingerprint density at radius 1 is 0.824 bits per heavy atom. The maximum absolute atomic E-state index is 5.21. The summed E-state index contributed by atoms with van der Waals surface area (Å²) in [4.78, 5) is 10.6. The van der Waals surface area contributed by atoms with E-state index in [0.717, 1.165) is 6.54 Å². The highest BCUT2D eigenvalue weighted by Gasteiger charge is 2.36. The summed E-state index contributed by atoms with van der Waals surface area (Å²) in [6.45, 7) is 7.44. The number of rotatable bonds is 3. The van der Waals surface area contributed by atoms with Gasteiger partial charge in [-0.25, -0.2) is 4.98 Å². The van der Waals surface area contributed by atoms with Crippen LogP contribution in [0.2, 0.25) is 0 Å². The van der Waals surface area contributed by atoms with Crippen LogP contribution >= 0.6 is 37.2 Å². The van der Waals surface area contributed by atoms with Crippen molar-refractivity contribution in [2.45, 2.75) is 95.1 Å². The molecule has 0 N–H and O–H groups in total. The second kappa shape index (κ2) is 13.1. The number of para-hydroxylation sites is 2. The van der Waals surface area contributed by atoms with Gasteiger partial charge in [-0.3, -0.25) is 4.90 Å². The average molecular weight is 532 g/mol. The van der Waals surface area contributed by atoms with E-state index in [9.17, 15) is 0 Å². The quantitative estimate of drug-likeness (QED) is 0.417. The molecule has 1 aromatic carbocycles. The Balaban J connectivity index is 0.00000136. The molecular weight excluding hydrogens is 487 g/mol. The molecule has 5 rings (SSSR count). The highest BCUT2D eigenvalue weighted by atomic mass is 35.5. The van der Waals surface area contributed by atoms with Gasteiger partial charge in [0.1, 0.15) is 5.82 Å². The topological polar surface area (TPSA) is 24.3 Å². The molecule has 2 saturated heterocycles. The summed E-state index contributed by atoms with van der Waals surface area (Å²) in [6.07, 6.45) is 15.1. The molecule has 34 heavy (non-hydrogen) atoms. The van der Waals surface area contributed by atoms with E-state index in [2.05, 4.69) is 52.6 Å². The van der Waals surface area contributed by atoms with Crippen molar-refractivity contribution in [3.05, 3.63) is 30.1 Å². The van der Waals surface area contributed by atoms with Crippen LogP contribution in [0.1, 0.15) is 95.3 Å². The van der Waals surface area contributed by atoms with Crippen LogP contribution in [-0.2, 0) is 0 Å². The minimum atomic E-state index is 0. The van der Waals surface area contributed by atoms with Gasteiger partial charge in [0.15, 0.2) is 0 Å². The predicted octanol–water partition coefficient (Wildman–Crippen LogP) is 7.25. The molecule has 0 unspecified atom stereocenters. The van der Waals surface area contributed by atoms with E-state index in [4.69, 9.17) is 4.98 Å². The molecule has 3 aliphatic rings. The Labute approximate surface area is 225 Å². The standard InChI is InChI=1S/C27H42N4.3ClH/c1-27(16-8-4-3-5-9-17-27)30-19-14-23(15-20-30)31-25-13-7-6-12-24(25)28-26(31)22-11-10-18-29(2)21-22;;;/h6-7,12-13,22-23H,3-5,8-11,14-21H2,1-2H3;3*1H/t22-;;;/m1.../s1. The summed E-state index contributed by atoms with van der Waals surface area (Å²) in [5, 5.41) is 0. The maximum atomic E-state index is 5.21. The minimum absolute atomic E-state index is 0. The van der Waals surface area contributed by atoms with Gasteiger partial charge in [0, 0.05) is 37.1 Å². The Bertz CT molecular complexity index is 870. The normalized spacial score (nSPS) is 24.8. The molecule has 1 aromatic heterocycles. The van der Waals surface area contributed by atoms with Crippen molar-refractivity contribution in [2.24, 2.45) is 0 Å². The molecule has 3 fully saturated rings. The summed E-state index contributed by atoms with van der Waals surface area (Å²) in [5.74, 6) is 1.94. The number of likely N-dealkylation sites (N-methyl/N-ethyl adjacent to an activating group) is 1. The van der Waals surface area contributed by atoms with Crippen LogP contribution in [0.15, 0.2) is 24.3 Å². The molecular formula is C27H45Cl3N4. The van der Waals surface area contributed by atoms with E-state index < -0.39 is 0 Å². The SMILES string of the molecule is CN1CCC[C@@H](c2nc3ccccc3n2C2CCN(C3(C)CCCCCCC3)CC2)C1.Cl.Cl.Cl. The third-order valence-electron chi connectivity index (χ3n) is 8.64. The molecule has 1 saturated carbocycles. The van der Waals surface area contributed by atoms with Crippen molar-refractivity contribution in [3.63, 3.8) is 0 Å². The van der Waals surface area contributed by atoms with Crippen LogP contribution in [0.4, 0.5) is 0 Å². The largest absolute Gasteiger partial charge is 0.324 e. The van der Waals surface area contributed by atoms with E-state index in [-0.39, 0.29) is 37.2 Å². The van der Waals surface area contributed by atoms with Crippen molar-refractivity contribution in [2.75, 3.05) is 33.2 Å². The molecule has 1 atom stereocenters. The smallest absolute Gasteiger partial charge is 0.114 e. The number of hydrogen-bond donors (Lipinski definition) is 0. The molecule has 0 bridgehead atoms. The van der Waals surface area contributed by atoms with Gasteiger partial charge in [0.05, 0.1) is 11.0 Å². The molecule has 2 aliphatic heterocycles. The number of benzene rings is 1. The van der Waals surface area contributed by atoms with Gasteiger partial charge in [-0.2, -0.15) is 0 Å². The number of aromatic nitrogens is 2. The lowest BCUT2D eigenvalue weighted by Crippen LogP contribution is -2.50. The molecule has 0 radical (unpaired) electrons. The van der Waals surface area contributed by atoms with E-state index in [1.165, 1.54) is 107 Å². The molecule has 194 valence electrons. The third kappa shape index (κ3) is 6.24. The van der Waals surface area contributed by atoms with Crippen LogP contribution in [0.25, 0.3) is 11.0 Å². The fourth-order valence-electron chi connectivity index (χ4n) is 6.76. The zero-order valence-electron chi connectivity index (χ0n) is 21.1. The van der Waals surface area contributed by atoms with Gasteiger partial charge in [-0.1, -0.05) is 44.2 Å². The number of halogens is 3. The number of piperidine rings is 2. The monoisotopic (exact) mass is 530 g/mol. The van der Waals surface area contributed by atoms with Crippen LogP contribution < -0.4 is 0 Å². The van der Waals surface area contributed by atoms with E-state index in [1.807, 2.05) is 0 Å². The predicted molar refractivity (Wildman–Crippen MR) is 152 cm³/mol. The third-order valence-corrected chi connectivity index (χ3v) is 8.64. The number of fused-ring (bicyclic) bond motifs is 1. The van der Waals surface area contributed by atoms with Gasteiger partial charge >= 0.3 is 0 Å². The van der Waals surface area contributed by atoms with Crippen LogP contribution in [0, 0.1) is 0 Å². The molecule has 2 aromatic rings. The van der Waals surface area contributed by atoms with Crippen LogP contribution in [0.3, 0.4) is 0 Å². The Kier molecular flexibility index (Phi) is 11.5. The molecule has 3 heterocycles. The van der Waals surface area contributed by atoms with E-state index in [0.29, 0.717) is 17.5 Å². The van der Waals surface area contributed by atoms with Crippen molar-refractivity contribution in [1.29, 1.82) is 0 Å². The van der Waals surface area contributed by atoms with Crippen molar-refractivity contribution in [1.82, 2.24) is 19.4 Å². The van der Waals surface area contributed by atoms with Crippen molar-refractivity contribution >= 4 is 48.3 Å². The van der Waals surface area contributed by atoms with Crippen LogP contribution in [-0.4, -0.2) is 58.1 Å². The molecule has 0 amide bonds. The lowest BCUT2D eigenvalue weighted by Gasteiger charge is -2.46. The number of likely N-dealkylation sites (tertiary alicyclic amines) is 2. The molecule has 0 spiro atoms. The molecule has 7 heteroatoms. The summed E-state index contributed by atoms with van der Waals surface area (Å²) < 4.78 is 2.68. The highest BCUT2D eigenvalue weighted by molar-refractivity contribution is 5.86.